The van der Waals surface area contributed by atoms with E-state index in [0.717, 1.165) is 25.7 Å². The first-order valence-electron chi connectivity index (χ1n) is 7.97. The van der Waals surface area contributed by atoms with E-state index in [4.69, 9.17) is 9.57 Å². The molecule has 22 heavy (non-hydrogen) atoms. The second kappa shape index (κ2) is 6.99. The molecule has 1 aliphatic heterocycles. The number of aliphatic hydroxyl groups excluding tert-OH is 1. The molecule has 0 amide bonds. The number of esters is 1. The fraction of sp³-hybridized carbons (Fsp3) is 0.647. The highest BCUT2D eigenvalue weighted by molar-refractivity contribution is 6.20. The minimum atomic E-state index is -0.530. The molecule has 0 aromatic heterocycles. The van der Waals surface area contributed by atoms with Crippen LogP contribution in [-0.4, -0.2) is 29.0 Å². The number of rotatable bonds is 5. The molecule has 1 spiro atoms. The summed E-state index contributed by atoms with van der Waals surface area (Å²) >= 11 is 0. The normalized spacial score (nSPS) is 29.5. The maximum atomic E-state index is 12.4. The van der Waals surface area contributed by atoms with Crippen molar-refractivity contribution >= 4 is 11.7 Å². The van der Waals surface area contributed by atoms with Crippen LogP contribution in [0.5, 0.6) is 0 Å². The molecule has 5 nitrogen and oxygen atoms in total. The molecule has 0 saturated heterocycles. The zero-order chi connectivity index (χ0) is 16.2. The molecule has 0 aromatic carbocycles. The van der Waals surface area contributed by atoms with Gasteiger partial charge in [0.05, 0.1) is 5.71 Å². The van der Waals surface area contributed by atoms with Crippen molar-refractivity contribution in [1.82, 2.24) is 0 Å². The Balaban J connectivity index is 2.20. The molecule has 5 heteroatoms. The molecule has 1 aliphatic carbocycles. The predicted octanol–water partition coefficient (Wildman–Crippen LogP) is 3.66. The highest BCUT2D eigenvalue weighted by Crippen LogP contribution is 2.42. The Labute approximate surface area is 131 Å². The zero-order valence-corrected chi connectivity index (χ0v) is 13.4. The van der Waals surface area contributed by atoms with Crippen molar-refractivity contribution in [3.63, 3.8) is 0 Å². The zero-order valence-electron chi connectivity index (χ0n) is 13.4. The third kappa shape index (κ3) is 3.51. The lowest BCUT2D eigenvalue weighted by Gasteiger charge is -2.41. The Hall–Kier alpha value is -1.78. The second-order valence-corrected chi connectivity index (χ2v) is 6.23. The molecule has 1 saturated carbocycles. The van der Waals surface area contributed by atoms with Crippen molar-refractivity contribution in [2.45, 2.75) is 58.0 Å². The molecule has 0 aromatic rings. The van der Waals surface area contributed by atoms with Gasteiger partial charge in [0.1, 0.15) is 23.5 Å². The van der Waals surface area contributed by atoms with Crippen LogP contribution in [0, 0.1) is 5.92 Å². The van der Waals surface area contributed by atoms with Gasteiger partial charge < -0.3 is 14.7 Å². The maximum Gasteiger partial charge on any atom is 0.344 e. The Morgan fingerprint density at radius 2 is 2.23 bits per heavy atom. The van der Waals surface area contributed by atoms with Gasteiger partial charge in [-0.3, -0.25) is 0 Å². The van der Waals surface area contributed by atoms with Gasteiger partial charge in [-0.05, 0) is 38.0 Å². The average Bonchev–Trinajstić information content (AvgIpc) is 2.48. The molecular weight excluding hydrogens is 282 g/mol. The summed E-state index contributed by atoms with van der Waals surface area (Å²) in [6, 6.07) is 0. The molecule has 2 aliphatic rings. The average molecular weight is 307 g/mol. The Kier molecular flexibility index (Phi) is 5.27. The van der Waals surface area contributed by atoms with Crippen molar-refractivity contribution in [2.75, 3.05) is 6.61 Å². The molecule has 2 rings (SSSR count). The van der Waals surface area contributed by atoms with E-state index in [1.165, 1.54) is 0 Å². The van der Waals surface area contributed by atoms with Crippen LogP contribution in [0.15, 0.2) is 29.1 Å². The van der Waals surface area contributed by atoms with E-state index in [2.05, 4.69) is 18.7 Å². The number of ether oxygens (including phenoxy) is 1. The largest absolute Gasteiger partial charge is 0.511 e. The third-order valence-electron chi connectivity index (χ3n) is 4.47. The predicted molar refractivity (Wildman–Crippen MR) is 84.6 cm³/mol. The molecule has 1 heterocycles. The van der Waals surface area contributed by atoms with E-state index in [1.807, 2.05) is 6.92 Å². The van der Waals surface area contributed by atoms with Crippen LogP contribution >= 0.6 is 0 Å². The fourth-order valence-electron chi connectivity index (χ4n) is 3.10. The number of hydrogen-bond acceptors (Lipinski definition) is 5. The first-order valence-corrected chi connectivity index (χ1v) is 7.97. The van der Waals surface area contributed by atoms with E-state index < -0.39 is 11.6 Å². The first-order chi connectivity index (χ1) is 10.5. The van der Waals surface area contributed by atoms with Crippen LogP contribution in [0.4, 0.5) is 0 Å². The van der Waals surface area contributed by atoms with Gasteiger partial charge in [0.25, 0.3) is 0 Å². The van der Waals surface area contributed by atoms with E-state index in [9.17, 15) is 9.90 Å². The molecule has 0 radical (unpaired) electrons. The van der Waals surface area contributed by atoms with Crippen molar-refractivity contribution in [3.8, 4) is 0 Å². The minimum absolute atomic E-state index is 0.0774. The van der Waals surface area contributed by atoms with Crippen LogP contribution in [0.3, 0.4) is 0 Å². The molecule has 122 valence electrons. The van der Waals surface area contributed by atoms with Crippen molar-refractivity contribution in [2.24, 2.45) is 11.1 Å². The number of carbonyl (C=O) groups is 1. The molecule has 0 atom stereocenters. The molecule has 1 N–H and O–H groups in total. The number of aliphatic hydroxyl groups is 1. The topological polar surface area (TPSA) is 68.1 Å². The van der Waals surface area contributed by atoms with E-state index in [1.54, 1.807) is 6.08 Å². The molecular formula is C17H25NO4. The summed E-state index contributed by atoms with van der Waals surface area (Å²) in [7, 11) is 0. The summed E-state index contributed by atoms with van der Waals surface area (Å²) in [6.07, 6.45) is 6.09. The van der Waals surface area contributed by atoms with E-state index >= 15 is 0 Å². The van der Waals surface area contributed by atoms with E-state index in [-0.39, 0.29) is 17.9 Å². The van der Waals surface area contributed by atoms with Gasteiger partial charge in [-0.15, -0.1) is 0 Å². The lowest BCUT2D eigenvalue weighted by molar-refractivity contribution is -0.162. The summed E-state index contributed by atoms with van der Waals surface area (Å²) in [4.78, 5) is 17.4. The van der Waals surface area contributed by atoms with Crippen LogP contribution in [0.1, 0.15) is 52.4 Å². The quantitative estimate of drug-likeness (QED) is 0.277. The Morgan fingerprint density at radius 3 is 2.77 bits per heavy atom. The van der Waals surface area contributed by atoms with Crippen LogP contribution in [0.25, 0.3) is 0 Å². The smallest absolute Gasteiger partial charge is 0.344 e. The molecule has 0 unspecified atom stereocenters. The lowest BCUT2D eigenvalue weighted by Crippen LogP contribution is -2.44. The highest BCUT2D eigenvalue weighted by atomic mass is 16.6. The van der Waals surface area contributed by atoms with Gasteiger partial charge >= 0.3 is 5.97 Å². The second-order valence-electron chi connectivity index (χ2n) is 6.23. The maximum absolute atomic E-state index is 12.4. The van der Waals surface area contributed by atoms with Crippen LogP contribution in [0.2, 0.25) is 0 Å². The van der Waals surface area contributed by atoms with Gasteiger partial charge in [-0.1, -0.05) is 31.7 Å². The van der Waals surface area contributed by atoms with E-state index in [0.29, 0.717) is 24.5 Å². The molecule has 0 bridgehead atoms. The SMILES string of the molecule is C=CCON=C(CC)C1=C(O)CC2(CCC(C)CC2)OC1=O. The standard InChI is InChI=1S/C17H25NO4/c1-4-10-21-18-13(5-2)15-14(19)11-17(22-16(15)20)8-6-12(3)7-9-17/h4,12,19H,1,5-11H2,2-3H3. The van der Waals surface area contributed by atoms with Crippen molar-refractivity contribution in [3.05, 3.63) is 24.0 Å². The Bertz CT molecular complexity index is 499. The number of carbonyl (C=O) groups excluding carboxylic acids is 1. The summed E-state index contributed by atoms with van der Waals surface area (Å²) in [5.74, 6) is 0.242. The summed E-state index contributed by atoms with van der Waals surface area (Å²) in [6.45, 7) is 7.86. The first kappa shape index (κ1) is 16.6. The van der Waals surface area contributed by atoms with Crippen molar-refractivity contribution in [1.29, 1.82) is 0 Å². The third-order valence-corrected chi connectivity index (χ3v) is 4.47. The Morgan fingerprint density at radius 1 is 1.55 bits per heavy atom. The summed E-state index contributed by atoms with van der Waals surface area (Å²) in [5.41, 5.74) is 0.0528. The number of hydrogen-bond donors (Lipinski definition) is 1. The number of nitrogens with zero attached hydrogens (tertiary/aromatic N) is 1. The van der Waals surface area contributed by atoms with Gasteiger partial charge in [-0.25, -0.2) is 4.79 Å². The summed E-state index contributed by atoms with van der Waals surface area (Å²) < 4.78 is 5.72. The van der Waals surface area contributed by atoms with Gasteiger partial charge in [0, 0.05) is 6.42 Å². The van der Waals surface area contributed by atoms with Crippen LogP contribution < -0.4 is 0 Å². The van der Waals surface area contributed by atoms with Crippen LogP contribution in [-0.2, 0) is 14.4 Å². The summed E-state index contributed by atoms with van der Waals surface area (Å²) in [5, 5.41) is 14.3. The van der Waals surface area contributed by atoms with Crippen molar-refractivity contribution < 1.29 is 19.5 Å². The molecule has 1 fully saturated rings. The van der Waals surface area contributed by atoms with Gasteiger partial charge in [-0.2, -0.15) is 0 Å². The lowest BCUT2D eigenvalue weighted by atomic mass is 9.75. The monoisotopic (exact) mass is 307 g/mol. The van der Waals surface area contributed by atoms with Gasteiger partial charge in [0.15, 0.2) is 0 Å². The minimum Gasteiger partial charge on any atom is -0.511 e. The van der Waals surface area contributed by atoms with Gasteiger partial charge in [0.2, 0.25) is 0 Å². The number of oxime groups is 1. The fourth-order valence-corrected chi connectivity index (χ4v) is 3.10. The highest BCUT2D eigenvalue weighted by Gasteiger charge is 2.44.